The molecule has 4 nitrogen and oxygen atoms in total. The molecule has 0 aliphatic carbocycles. The Hall–Kier alpha value is -2.22. The van der Waals surface area contributed by atoms with Crippen molar-refractivity contribution < 1.29 is 4.74 Å². The van der Waals surface area contributed by atoms with Gasteiger partial charge in [-0.1, -0.05) is 103 Å². The molecular formula is C36H73N3O. The Labute approximate surface area is 254 Å². The summed E-state index contributed by atoms with van der Waals surface area (Å²) in [6.45, 7) is 35.0. The van der Waals surface area contributed by atoms with Crippen molar-refractivity contribution >= 4 is 0 Å². The fourth-order valence-electron chi connectivity index (χ4n) is 2.89. The third kappa shape index (κ3) is 48.8. The third-order valence-electron chi connectivity index (χ3n) is 4.92. The number of rotatable bonds is 15. The molecule has 0 aromatic carbocycles. The van der Waals surface area contributed by atoms with Gasteiger partial charge in [0, 0.05) is 32.3 Å². The number of nitrogens with one attached hydrogen (secondary N) is 3. The molecule has 2 atom stereocenters. The van der Waals surface area contributed by atoms with Crippen molar-refractivity contribution in [3.05, 3.63) is 61.5 Å². The first kappa shape index (κ1) is 50.6. The quantitative estimate of drug-likeness (QED) is 0.105. The van der Waals surface area contributed by atoms with Crippen LogP contribution in [0.3, 0.4) is 0 Å². The van der Waals surface area contributed by atoms with Gasteiger partial charge in [-0.3, -0.25) is 0 Å². The fraction of sp³-hybridized carbons (Fsp3) is 0.667. The molecule has 0 heterocycles. The Bertz CT molecular complexity index is 587. The van der Waals surface area contributed by atoms with Gasteiger partial charge in [-0.2, -0.15) is 0 Å². The highest BCUT2D eigenvalue weighted by molar-refractivity contribution is 5.11. The molecule has 4 heteroatoms. The molecule has 0 amide bonds. The number of hydrogen-bond donors (Lipinski definition) is 3. The van der Waals surface area contributed by atoms with Crippen molar-refractivity contribution in [2.45, 2.75) is 121 Å². The van der Waals surface area contributed by atoms with E-state index >= 15 is 0 Å². The zero-order chi connectivity index (χ0) is 32.5. The van der Waals surface area contributed by atoms with Crippen LogP contribution in [0, 0.1) is 17.8 Å². The Kier molecular flexibility index (Phi) is 67.2. The summed E-state index contributed by atoms with van der Waals surface area (Å²) in [4.78, 5) is 0. The van der Waals surface area contributed by atoms with Crippen LogP contribution in [0.25, 0.3) is 0 Å². The van der Waals surface area contributed by atoms with Crippen LogP contribution < -0.4 is 16.0 Å². The van der Waals surface area contributed by atoms with E-state index in [-0.39, 0.29) is 6.10 Å². The van der Waals surface area contributed by atoms with E-state index in [0.29, 0.717) is 5.92 Å². The van der Waals surface area contributed by atoms with E-state index in [1.807, 2.05) is 60.9 Å². The van der Waals surface area contributed by atoms with E-state index in [9.17, 15) is 0 Å². The molecule has 0 bridgehead atoms. The molecule has 0 fully saturated rings. The van der Waals surface area contributed by atoms with Gasteiger partial charge in [0.1, 0.15) is 0 Å². The number of ether oxygens (including phenoxy) is 1. The van der Waals surface area contributed by atoms with E-state index in [1.54, 1.807) is 13.2 Å². The fourth-order valence-corrected chi connectivity index (χ4v) is 2.89. The topological polar surface area (TPSA) is 45.3 Å². The third-order valence-corrected chi connectivity index (χ3v) is 4.92. The van der Waals surface area contributed by atoms with Crippen LogP contribution >= 0.6 is 0 Å². The molecular weight excluding hydrogens is 490 g/mol. The van der Waals surface area contributed by atoms with Crippen molar-refractivity contribution in [1.82, 2.24) is 16.0 Å². The molecule has 0 spiro atoms. The molecule has 0 saturated carbocycles. The number of methoxy groups -OCH3 is 1. The van der Waals surface area contributed by atoms with Gasteiger partial charge in [-0.25, -0.2) is 0 Å². The average molecular weight is 564 g/mol. The maximum atomic E-state index is 5.28. The second-order valence-electron chi connectivity index (χ2n) is 8.04. The zero-order valence-electron chi connectivity index (χ0n) is 29.4. The first-order chi connectivity index (χ1) is 19.4. The van der Waals surface area contributed by atoms with Gasteiger partial charge >= 0.3 is 0 Å². The minimum absolute atomic E-state index is 0.224. The maximum absolute atomic E-state index is 5.28. The van der Waals surface area contributed by atoms with E-state index < -0.39 is 0 Å². The van der Waals surface area contributed by atoms with E-state index in [4.69, 9.17) is 4.74 Å². The van der Waals surface area contributed by atoms with Crippen LogP contribution in [0.5, 0.6) is 0 Å². The highest BCUT2D eigenvalue weighted by atomic mass is 16.5. The van der Waals surface area contributed by atoms with E-state index in [1.165, 1.54) is 30.5 Å². The Balaban J connectivity index is -0.000000115. The van der Waals surface area contributed by atoms with Gasteiger partial charge in [0.2, 0.25) is 0 Å². The van der Waals surface area contributed by atoms with Gasteiger partial charge < -0.3 is 20.7 Å². The van der Waals surface area contributed by atoms with Gasteiger partial charge in [-0.05, 0) is 66.1 Å². The van der Waals surface area contributed by atoms with Crippen molar-refractivity contribution in [1.29, 1.82) is 0 Å². The van der Waals surface area contributed by atoms with Crippen LogP contribution in [-0.4, -0.2) is 39.9 Å². The molecule has 0 aliphatic heterocycles. The van der Waals surface area contributed by atoms with Gasteiger partial charge in [0.15, 0.2) is 0 Å². The largest absolute Gasteiger partial charge is 0.391 e. The normalized spacial score (nSPS) is 11.3. The molecule has 0 aromatic heterocycles. The Morgan fingerprint density at radius 1 is 0.975 bits per heavy atom. The molecule has 0 saturated heterocycles. The second-order valence-corrected chi connectivity index (χ2v) is 8.04. The molecule has 0 aromatic rings. The zero-order valence-corrected chi connectivity index (χ0v) is 29.4. The molecule has 2 unspecified atom stereocenters. The molecule has 0 radical (unpaired) electrons. The van der Waals surface area contributed by atoms with Gasteiger partial charge in [0.25, 0.3) is 0 Å². The lowest BCUT2D eigenvalue weighted by Gasteiger charge is -2.09. The van der Waals surface area contributed by atoms with E-state index in [2.05, 4.69) is 94.3 Å². The standard InChI is InChI=1S/C16H29NO.C11H22N2.C3H6.2C2H6.C2H4/c1-5-7-8-13-17-14-9-10-15(3)11-12-16(6-2)18-4;1-5-8-13-9-7-10(3)11(6-2)12-4;1-3-2;3*1-2/h11-12,15-17H,5-8,13-14H2,1-4H3;5,8,12-13H,6-7,9H2,1-4H3;3H,1H2,2H3;2*1-2H3;1-2H2/b12-11+;8-5+,11-10-;;;;. The summed E-state index contributed by atoms with van der Waals surface area (Å²) < 4.78 is 5.28. The predicted molar refractivity (Wildman–Crippen MR) is 189 cm³/mol. The van der Waals surface area contributed by atoms with Crippen molar-refractivity contribution in [3.8, 4) is 11.8 Å². The number of hydrogen-bond acceptors (Lipinski definition) is 4. The second kappa shape index (κ2) is 53.1. The van der Waals surface area contributed by atoms with Crippen molar-refractivity contribution in [2.24, 2.45) is 5.92 Å². The number of unbranched alkanes of at least 4 members (excludes halogenated alkanes) is 2. The van der Waals surface area contributed by atoms with Gasteiger partial charge in [-0.15, -0.1) is 19.7 Å². The molecule has 3 N–H and O–H groups in total. The summed E-state index contributed by atoms with van der Waals surface area (Å²) in [6, 6.07) is 0. The summed E-state index contributed by atoms with van der Waals surface area (Å²) in [5.74, 6) is 6.69. The number of allylic oxidation sites excluding steroid dienone is 4. The van der Waals surface area contributed by atoms with E-state index in [0.717, 1.165) is 38.9 Å². The lowest BCUT2D eigenvalue weighted by Crippen LogP contribution is -2.15. The summed E-state index contributed by atoms with van der Waals surface area (Å²) in [6.07, 6.45) is 17.2. The smallest absolute Gasteiger partial charge is 0.0749 e. The molecule has 0 rings (SSSR count). The molecule has 238 valence electrons. The van der Waals surface area contributed by atoms with Crippen LogP contribution in [0.2, 0.25) is 0 Å². The van der Waals surface area contributed by atoms with Crippen LogP contribution in [0.15, 0.2) is 61.5 Å². The average Bonchev–Trinajstić information content (AvgIpc) is 3.00. The lowest BCUT2D eigenvalue weighted by atomic mass is 10.1. The maximum Gasteiger partial charge on any atom is 0.0749 e. The minimum atomic E-state index is 0.224. The monoisotopic (exact) mass is 564 g/mol. The Morgan fingerprint density at radius 2 is 1.55 bits per heavy atom. The lowest BCUT2D eigenvalue weighted by molar-refractivity contribution is 0.137. The molecule has 40 heavy (non-hydrogen) atoms. The molecule has 0 aliphatic rings. The first-order valence-corrected chi connectivity index (χ1v) is 15.6. The minimum Gasteiger partial charge on any atom is -0.391 e. The summed E-state index contributed by atoms with van der Waals surface area (Å²) in [5.41, 5.74) is 2.81. The predicted octanol–water partition coefficient (Wildman–Crippen LogP) is 9.84. The highest BCUT2D eigenvalue weighted by Gasteiger charge is 1.98. The van der Waals surface area contributed by atoms with Crippen molar-refractivity contribution in [3.63, 3.8) is 0 Å². The summed E-state index contributed by atoms with van der Waals surface area (Å²) in [7, 11) is 3.73. The van der Waals surface area contributed by atoms with Crippen LogP contribution in [-0.2, 0) is 4.74 Å². The Morgan fingerprint density at radius 3 is 1.98 bits per heavy atom. The first-order valence-electron chi connectivity index (χ1n) is 15.6. The van der Waals surface area contributed by atoms with Gasteiger partial charge in [0.05, 0.1) is 12.6 Å². The summed E-state index contributed by atoms with van der Waals surface area (Å²) >= 11 is 0. The summed E-state index contributed by atoms with van der Waals surface area (Å²) in [5, 5.41) is 9.79. The van der Waals surface area contributed by atoms with Crippen molar-refractivity contribution in [2.75, 3.05) is 33.8 Å². The van der Waals surface area contributed by atoms with Crippen LogP contribution in [0.4, 0.5) is 0 Å². The van der Waals surface area contributed by atoms with Crippen LogP contribution in [0.1, 0.15) is 115 Å². The highest BCUT2D eigenvalue weighted by Crippen LogP contribution is 2.07. The SMILES string of the molecule is C/C=C/NCC/C(C)=C(/CC)NC.C=C.C=CC.CC.CC.CCCCCNCC#CC(C)/C=C/C(CC)OC.